The predicted molar refractivity (Wildman–Crippen MR) is 126 cm³/mol. The van der Waals surface area contributed by atoms with E-state index in [1.807, 2.05) is 22.4 Å². The van der Waals surface area contributed by atoms with Crippen molar-refractivity contribution >= 4 is 34.6 Å². The maximum absolute atomic E-state index is 9.79. The molecule has 10 heteroatoms. The van der Waals surface area contributed by atoms with Crippen LogP contribution in [0.15, 0.2) is 36.9 Å². The first kappa shape index (κ1) is 20.9. The summed E-state index contributed by atoms with van der Waals surface area (Å²) < 4.78 is 3.99. The summed E-state index contributed by atoms with van der Waals surface area (Å²) in [7, 11) is 0. The van der Waals surface area contributed by atoms with E-state index in [1.165, 1.54) is 12.8 Å². The second kappa shape index (κ2) is 8.87. The highest BCUT2D eigenvalue weighted by molar-refractivity contribution is 7.98. The minimum absolute atomic E-state index is 0.104. The van der Waals surface area contributed by atoms with Crippen LogP contribution in [0, 0.1) is 0 Å². The number of nitrogens with one attached hydrogen (secondary N) is 1. The van der Waals surface area contributed by atoms with Crippen molar-refractivity contribution in [1.82, 2.24) is 33.7 Å². The fraction of sp³-hybridized carbons (Fsp3) is 0.409. The first-order valence-corrected chi connectivity index (χ1v) is 11.8. The van der Waals surface area contributed by atoms with E-state index in [-0.39, 0.29) is 12.6 Å². The van der Waals surface area contributed by atoms with E-state index in [4.69, 9.17) is 0 Å². The van der Waals surface area contributed by atoms with Gasteiger partial charge in [0.15, 0.2) is 5.82 Å². The van der Waals surface area contributed by atoms with E-state index >= 15 is 0 Å². The highest BCUT2D eigenvalue weighted by Gasteiger charge is 2.23. The molecule has 0 amide bonds. The zero-order valence-corrected chi connectivity index (χ0v) is 19.0. The van der Waals surface area contributed by atoms with Gasteiger partial charge in [-0.2, -0.15) is 5.10 Å². The van der Waals surface area contributed by atoms with E-state index in [1.54, 1.807) is 30.5 Å². The monoisotopic (exact) mass is 450 g/mol. The van der Waals surface area contributed by atoms with Crippen molar-refractivity contribution in [3.8, 4) is 11.4 Å². The van der Waals surface area contributed by atoms with Crippen LogP contribution in [-0.4, -0.2) is 44.0 Å². The fourth-order valence-corrected chi connectivity index (χ4v) is 4.70. The lowest BCUT2D eigenvalue weighted by molar-refractivity contribution is 0.261. The van der Waals surface area contributed by atoms with Crippen molar-refractivity contribution in [2.24, 2.45) is 0 Å². The maximum atomic E-state index is 9.79. The molecule has 4 heterocycles. The number of fused-ring (bicyclic) bond motifs is 1. The molecule has 1 saturated carbocycles. The van der Waals surface area contributed by atoms with E-state index in [9.17, 15) is 5.11 Å². The van der Waals surface area contributed by atoms with Crippen LogP contribution < -0.4 is 5.32 Å². The van der Waals surface area contributed by atoms with E-state index in [2.05, 4.69) is 48.8 Å². The minimum atomic E-state index is -0.104. The third-order valence-corrected chi connectivity index (χ3v) is 6.63. The molecule has 1 fully saturated rings. The lowest BCUT2D eigenvalue weighted by atomic mass is 10.2. The van der Waals surface area contributed by atoms with Crippen molar-refractivity contribution in [1.29, 1.82) is 0 Å². The summed E-state index contributed by atoms with van der Waals surface area (Å²) in [6, 6.07) is 4.01. The van der Waals surface area contributed by atoms with Crippen molar-refractivity contribution in [2.45, 2.75) is 57.4 Å². The standard InChI is InChI=1S/C22H26N8OS/c1-3-4-14(2)30-18-9-20(24-11-17(18)26-21(30)13-31)27-19-7-8-23-22(28-19)15-10-25-29(12-15)32-16-5-6-16/h7-12,14,16,31H,3-6,13H2,1-2H3,(H,23,24,27,28). The van der Waals surface area contributed by atoms with E-state index in [0.717, 1.165) is 29.4 Å². The molecule has 5 rings (SSSR count). The van der Waals surface area contributed by atoms with Crippen LogP contribution in [-0.2, 0) is 6.61 Å². The molecule has 9 nitrogen and oxygen atoms in total. The summed E-state index contributed by atoms with van der Waals surface area (Å²) in [4.78, 5) is 18.1. The molecule has 1 aliphatic rings. The first-order chi connectivity index (χ1) is 15.6. The topological polar surface area (TPSA) is 107 Å². The smallest absolute Gasteiger partial charge is 0.164 e. The van der Waals surface area contributed by atoms with Crippen LogP contribution in [0.3, 0.4) is 0 Å². The van der Waals surface area contributed by atoms with Gasteiger partial charge in [0.1, 0.15) is 29.6 Å². The van der Waals surface area contributed by atoms with Gasteiger partial charge in [-0.15, -0.1) is 0 Å². The Kier molecular flexibility index (Phi) is 5.79. The van der Waals surface area contributed by atoms with Gasteiger partial charge < -0.3 is 15.0 Å². The number of nitrogens with zero attached hydrogens (tertiary/aromatic N) is 7. The summed E-state index contributed by atoms with van der Waals surface area (Å²) in [5.74, 6) is 2.59. The number of aliphatic hydroxyl groups excluding tert-OH is 1. The van der Waals surface area contributed by atoms with Gasteiger partial charge in [-0.3, -0.25) is 0 Å². The highest BCUT2D eigenvalue weighted by atomic mass is 32.2. The van der Waals surface area contributed by atoms with Crippen molar-refractivity contribution < 1.29 is 5.11 Å². The van der Waals surface area contributed by atoms with Crippen LogP contribution in [0.4, 0.5) is 11.6 Å². The molecule has 0 radical (unpaired) electrons. The number of aliphatic hydroxyl groups is 1. The zero-order valence-electron chi connectivity index (χ0n) is 18.1. The van der Waals surface area contributed by atoms with Gasteiger partial charge in [0, 0.05) is 29.8 Å². The number of pyridine rings is 1. The average molecular weight is 451 g/mol. The van der Waals surface area contributed by atoms with Gasteiger partial charge in [0.2, 0.25) is 0 Å². The molecule has 1 aliphatic carbocycles. The molecule has 0 spiro atoms. The molecule has 166 valence electrons. The van der Waals surface area contributed by atoms with Crippen LogP contribution in [0.25, 0.3) is 22.4 Å². The van der Waals surface area contributed by atoms with Gasteiger partial charge in [0.25, 0.3) is 0 Å². The Morgan fingerprint density at radius 1 is 1.22 bits per heavy atom. The molecule has 4 aromatic heterocycles. The number of hydrogen-bond acceptors (Lipinski definition) is 8. The molecular formula is C22H26N8OS. The SMILES string of the molecule is CCCC(C)n1c(CO)nc2cnc(Nc3ccnc(-c4cnn(SC5CC5)c4)n3)cc21. The molecule has 0 saturated heterocycles. The Balaban J connectivity index is 1.41. The Labute approximate surface area is 190 Å². The Bertz CT molecular complexity index is 1230. The summed E-state index contributed by atoms with van der Waals surface area (Å²) >= 11 is 1.74. The minimum Gasteiger partial charge on any atom is -0.388 e. The van der Waals surface area contributed by atoms with Crippen LogP contribution >= 0.6 is 11.9 Å². The Hall–Kier alpha value is -2.98. The fourth-order valence-electron chi connectivity index (χ4n) is 3.77. The number of hydrogen-bond donors (Lipinski definition) is 2. The lowest BCUT2D eigenvalue weighted by Crippen LogP contribution is -2.09. The summed E-state index contributed by atoms with van der Waals surface area (Å²) in [6.07, 6.45) is 11.8. The number of aromatic nitrogens is 7. The quantitative estimate of drug-likeness (QED) is 0.388. The van der Waals surface area contributed by atoms with Crippen molar-refractivity contribution in [3.05, 3.63) is 42.7 Å². The first-order valence-electron chi connectivity index (χ1n) is 10.9. The van der Waals surface area contributed by atoms with Crippen LogP contribution in [0.2, 0.25) is 0 Å². The van der Waals surface area contributed by atoms with Gasteiger partial charge in [0.05, 0.1) is 23.5 Å². The van der Waals surface area contributed by atoms with E-state index < -0.39 is 0 Å². The Morgan fingerprint density at radius 3 is 2.88 bits per heavy atom. The lowest BCUT2D eigenvalue weighted by Gasteiger charge is -2.16. The van der Waals surface area contributed by atoms with Gasteiger partial charge in [-0.25, -0.2) is 24.0 Å². The van der Waals surface area contributed by atoms with E-state index in [0.29, 0.717) is 28.5 Å². The van der Waals surface area contributed by atoms with Crippen molar-refractivity contribution in [3.63, 3.8) is 0 Å². The average Bonchev–Trinajstić information content (AvgIpc) is 3.35. The third kappa shape index (κ3) is 4.33. The molecule has 0 bridgehead atoms. The van der Waals surface area contributed by atoms with Gasteiger partial charge in [-0.1, -0.05) is 13.3 Å². The van der Waals surface area contributed by atoms with Crippen molar-refractivity contribution in [2.75, 3.05) is 5.32 Å². The molecule has 2 N–H and O–H groups in total. The summed E-state index contributed by atoms with van der Waals surface area (Å²) in [6.45, 7) is 4.20. The molecule has 1 atom stereocenters. The normalized spacial score (nSPS) is 14.7. The highest BCUT2D eigenvalue weighted by Crippen LogP contribution is 2.35. The molecular weight excluding hydrogens is 424 g/mol. The number of anilines is 2. The van der Waals surface area contributed by atoms with Gasteiger partial charge >= 0.3 is 0 Å². The second-order valence-corrected chi connectivity index (χ2v) is 9.33. The second-order valence-electron chi connectivity index (χ2n) is 8.08. The summed E-state index contributed by atoms with van der Waals surface area (Å²) in [5.41, 5.74) is 2.59. The molecule has 4 aromatic rings. The third-order valence-electron chi connectivity index (χ3n) is 5.45. The molecule has 1 unspecified atom stereocenters. The number of rotatable bonds is 9. The van der Waals surface area contributed by atoms with Gasteiger partial charge in [-0.05, 0) is 44.2 Å². The summed E-state index contributed by atoms with van der Waals surface area (Å²) in [5, 5.41) is 18.2. The molecule has 0 aromatic carbocycles. The largest absolute Gasteiger partial charge is 0.388 e. The molecule has 32 heavy (non-hydrogen) atoms. The predicted octanol–water partition coefficient (Wildman–Crippen LogP) is 4.34. The van der Waals surface area contributed by atoms with Crippen LogP contribution in [0.5, 0.6) is 0 Å². The zero-order chi connectivity index (χ0) is 22.1. The number of imidazole rings is 1. The van der Waals surface area contributed by atoms with Crippen LogP contribution in [0.1, 0.15) is 51.4 Å². The maximum Gasteiger partial charge on any atom is 0.164 e. The Morgan fingerprint density at radius 2 is 2.09 bits per heavy atom. The molecule has 0 aliphatic heterocycles.